The van der Waals surface area contributed by atoms with Crippen LogP contribution in [0.4, 0.5) is 8.78 Å². The Morgan fingerprint density at radius 1 is 1.14 bits per heavy atom. The maximum atomic E-state index is 15.6. The van der Waals surface area contributed by atoms with Crippen LogP contribution >= 0.6 is 22.9 Å². The van der Waals surface area contributed by atoms with E-state index in [4.69, 9.17) is 25.8 Å². The van der Waals surface area contributed by atoms with Gasteiger partial charge in [0.2, 0.25) is 0 Å². The van der Waals surface area contributed by atoms with Crippen molar-refractivity contribution in [2.75, 3.05) is 6.61 Å². The van der Waals surface area contributed by atoms with E-state index in [1.165, 1.54) is 18.2 Å². The molecule has 0 radical (unpaired) electrons. The zero-order valence-electron chi connectivity index (χ0n) is 22.2. The minimum absolute atomic E-state index is 0.0102. The van der Waals surface area contributed by atoms with Gasteiger partial charge in [-0.2, -0.15) is 0 Å². The molecule has 214 valence electrons. The van der Waals surface area contributed by atoms with Crippen molar-refractivity contribution < 1.29 is 32.9 Å². The molecule has 2 atom stereocenters. The van der Waals surface area contributed by atoms with Gasteiger partial charge in [-0.05, 0) is 53.9 Å². The third kappa shape index (κ3) is 4.59. The van der Waals surface area contributed by atoms with Gasteiger partial charge < -0.3 is 23.9 Å². The molecule has 1 fully saturated rings. The molecule has 0 amide bonds. The summed E-state index contributed by atoms with van der Waals surface area (Å²) in [7, 11) is 0. The highest BCUT2D eigenvalue weighted by Crippen LogP contribution is 2.49. The first-order valence-corrected chi connectivity index (χ1v) is 14.5. The van der Waals surface area contributed by atoms with Crippen LogP contribution in [0.25, 0.3) is 21.5 Å². The van der Waals surface area contributed by atoms with Crippen molar-refractivity contribution in [3.8, 4) is 22.6 Å². The molecule has 0 spiro atoms. The van der Waals surface area contributed by atoms with E-state index in [2.05, 4.69) is 4.98 Å². The van der Waals surface area contributed by atoms with Crippen molar-refractivity contribution in [3.63, 3.8) is 0 Å². The molecule has 2 aliphatic heterocycles. The van der Waals surface area contributed by atoms with Crippen LogP contribution < -0.4 is 9.47 Å². The van der Waals surface area contributed by atoms with E-state index in [0.29, 0.717) is 57.5 Å². The largest absolute Gasteiger partial charge is 0.477 e. The summed E-state index contributed by atoms with van der Waals surface area (Å²) >= 11 is 7.02. The Bertz CT molecular complexity index is 1880. The van der Waals surface area contributed by atoms with E-state index in [9.17, 15) is 14.3 Å². The first-order valence-electron chi connectivity index (χ1n) is 13.3. The lowest BCUT2D eigenvalue weighted by atomic mass is 10.0. The second kappa shape index (κ2) is 10.1. The smallest absolute Gasteiger partial charge is 0.346 e. The summed E-state index contributed by atoms with van der Waals surface area (Å²) in [6.07, 6.45) is 1.12. The number of carbonyl (C=O) groups is 1. The Morgan fingerprint density at radius 3 is 2.69 bits per heavy atom. The van der Waals surface area contributed by atoms with Gasteiger partial charge in [0.25, 0.3) is 5.79 Å². The topological polar surface area (TPSA) is 82.8 Å². The molecule has 2 aliphatic rings. The minimum atomic E-state index is -1.43. The van der Waals surface area contributed by atoms with Gasteiger partial charge in [0.05, 0.1) is 23.7 Å². The first-order chi connectivity index (χ1) is 20.2. The number of imidazole rings is 1. The van der Waals surface area contributed by atoms with Gasteiger partial charge in [0.1, 0.15) is 27.2 Å². The third-order valence-electron chi connectivity index (χ3n) is 7.63. The van der Waals surface area contributed by atoms with Gasteiger partial charge in [0.15, 0.2) is 11.5 Å². The van der Waals surface area contributed by atoms with Crippen LogP contribution in [0.5, 0.6) is 11.5 Å². The Kier molecular flexibility index (Phi) is 6.45. The molecular formula is C31H23ClF2N2O5S. The predicted molar refractivity (Wildman–Crippen MR) is 154 cm³/mol. The average molecular weight is 609 g/mol. The van der Waals surface area contributed by atoms with Gasteiger partial charge >= 0.3 is 5.97 Å². The number of carboxylic acid groups (broad SMARTS) is 1. The summed E-state index contributed by atoms with van der Waals surface area (Å²) in [6, 6.07) is 16.1. The molecule has 0 bridgehead atoms. The van der Waals surface area contributed by atoms with E-state index < -0.39 is 23.4 Å². The highest BCUT2D eigenvalue weighted by molar-refractivity contribution is 7.20. The Balaban J connectivity index is 1.19. The molecule has 7 nitrogen and oxygen atoms in total. The van der Waals surface area contributed by atoms with Crippen LogP contribution in [0.1, 0.15) is 40.0 Å². The summed E-state index contributed by atoms with van der Waals surface area (Å²) in [5, 5.41) is 9.68. The second-order valence-electron chi connectivity index (χ2n) is 10.4. The number of hydrogen-bond acceptors (Lipinski definition) is 6. The molecule has 2 aromatic heterocycles. The number of rotatable bonds is 7. The SMILES string of the molecule is CC1(c2ccc(Cl)cc2F)Oc2cccc(-c3ccc(Cc4nc5sc(C(=O)O)cc5n4C[C@@H]4CCO4)c(F)c3)c2O1. The second-order valence-corrected chi connectivity index (χ2v) is 11.9. The van der Waals surface area contributed by atoms with Crippen LogP contribution in [0.2, 0.25) is 5.02 Å². The van der Waals surface area contributed by atoms with Gasteiger partial charge in [-0.1, -0.05) is 35.9 Å². The van der Waals surface area contributed by atoms with Crippen molar-refractivity contribution in [1.82, 2.24) is 9.55 Å². The van der Waals surface area contributed by atoms with E-state index in [-0.39, 0.29) is 28.0 Å². The number of thiophene rings is 1. The molecule has 42 heavy (non-hydrogen) atoms. The number of halogens is 3. The molecule has 1 unspecified atom stereocenters. The van der Waals surface area contributed by atoms with E-state index in [1.807, 2.05) is 4.57 Å². The van der Waals surface area contributed by atoms with Gasteiger partial charge in [0, 0.05) is 30.5 Å². The Morgan fingerprint density at radius 2 is 1.98 bits per heavy atom. The number of nitrogens with zero attached hydrogens (tertiary/aromatic N) is 2. The molecule has 4 heterocycles. The summed E-state index contributed by atoms with van der Waals surface area (Å²) in [5.41, 5.74) is 2.49. The fourth-order valence-corrected chi connectivity index (χ4v) is 6.44. The van der Waals surface area contributed by atoms with Crippen molar-refractivity contribution in [1.29, 1.82) is 0 Å². The standard InChI is InChI=1S/C31H23ClF2N2O5S/c1-31(21-8-7-18(32)13-23(21)34)40-25-4-2-3-20(28(25)41-31)16-5-6-17(22(33)11-16)12-27-35-29-24(14-26(42-29)30(37)38)36(27)15-19-9-10-39-19/h2-8,11,13-14,19H,9-10,12,15H2,1H3,(H,37,38)/t19-,31?/m0/s1. The van der Waals surface area contributed by atoms with E-state index in [0.717, 1.165) is 17.8 Å². The molecule has 0 saturated carbocycles. The van der Waals surface area contributed by atoms with Gasteiger partial charge in [-0.15, -0.1) is 11.3 Å². The summed E-state index contributed by atoms with van der Waals surface area (Å²) in [4.78, 5) is 17.0. The lowest BCUT2D eigenvalue weighted by Crippen LogP contribution is -2.32. The molecule has 1 saturated heterocycles. The zero-order chi connectivity index (χ0) is 29.2. The number of aromatic carboxylic acids is 1. The van der Waals surface area contributed by atoms with E-state index in [1.54, 1.807) is 49.4 Å². The van der Waals surface area contributed by atoms with Crippen LogP contribution in [0.15, 0.2) is 60.7 Å². The number of carboxylic acids is 1. The Hall–Kier alpha value is -3.99. The maximum Gasteiger partial charge on any atom is 0.346 e. The van der Waals surface area contributed by atoms with Gasteiger partial charge in [-0.25, -0.2) is 18.6 Å². The van der Waals surface area contributed by atoms with Crippen molar-refractivity contribution in [3.05, 3.63) is 99.1 Å². The van der Waals surface area contributed by atoms with Crippen molar-refractivity contribution >= 4 is 39.3 Å². The number of ether oxygens (including phenoxy) is 3. The lowest BCUT2D eigenvalue weighted by molar-refractivity contribution is -0.0705. The quantitative estimate of drug-likeness (QED) is 0.207. The first kappa shape index (κ1) is 26.9. The summed E-state index contributed by atoms with van der Waals surface area (Å²) in [5.74, 6) is -2.00. The average Bonchev–Trinajstić information content (AvgIpc) is 3.58. The lowest BCUT2D eigenvalue weighted by Gasteiger charge is -2.27. The fourth-order valence-electron chi connectivity index (χ4n) is 5.39. The molecule has 11 heteroatoms. The molecular weight excluding hydrogens is 586 g/mol. The van der Waals surface area contributed by atoms with Crippen LogP contribution in [0, 0.1) is 11.6 Å². The minimum Gasteiger partial charge on any atom is -0.477 e. The molecule has 0 aliphatic carbocycles. The molecule has 5 aromatic rings. The van der Waals surface area contributed by atoms with Crippen molar-refractivity contribution in [2.24, 2.45) is 0 Å². The van der Waals surface area contributed by atoms with E-state index >= 15 is 4.39 Å². The normalized spacial score (nSPS) is 19.3. The predicted octanol–water partition coefficient (Wildman–Crippen LogP) is 7.42. The fraction of sp³-hybridized carbons (Fsp3) is 0.226. The zero-order valence-corrected chi connectivity index (χ0v) is 23.8. The highest BCUT2D eigenvalue weighted by Gasteiger charge is 2.42. The van der Waals surface area contributed by atoms with Crippen molar-refractivity contribution in [2.45, 2.75) is 38.2 Å². The van der Waals surface area contributed by atoms with Gasteiger partial charge in [-0.3, -0.25) is 0 Å². The van der Waals surface area contributed by atoms with Crippen LogP contribution in [-0.4, -0.2) is 33.3 Å². The number of benzene rings is 3. The third-order valence-corrected chi connectivity index (χ3v) is 8.87. The summed E-state index contributed by atoms with van der Waals surface area (Å²) < 4.78 is 50.2. The van der Waals surface area contributed by atoms with Crippen LogP contribution in [0.3, 0.4) is 0 Å². The number of para-hydroxylation sites is 1. The monoisotopic (exact) mass is 608 g/mol. The molecule has 7 rings (SSSR count). The summed E-state index contributed by atoms with van der Waals surface area (Å²) in [6.45, 7) is 2.82. The number of aromatic nitrogens is 2. The number of hydrogen-bond donors (Lipinski definition) is 1. The van der Waals surface area contributed by atoms with Crippen LogP contribution in [-0.2, 0) is 23.5 Å². The maximum absolute atomic E-state index is 15.6. The number of fused-ring (bicyclic) bond motifs is 2. The Labute approximate surface area is 247 Å². The highest BCUT2D eigenvalue weighted by atomic mass is 35.5. The molecule has 1 N–H and O–H groups in total. The molecule has 3 aromatic carbocycles.